The monoisotopic (exact) mass is 307 g/mol. The van der Waals surface area contributed by atoms with E-state index >= 15 is 0 Å². The minimum atomic E-state index is -0.897. The van der Waals surface area contributed by atoms with E-state index in [-0.39, 0.29) is 5.75 Å². The van der Waals surface area contributed by atoms with Gasteiger partial charge in [0.15, 0.2) is 0 Å². The van der Waals surface area contributed by atoms with Gasteiger partial charge in [0.25, 0.3) is 0 Å². The van der Waals surface area contributed by atoms with Crippen LogP contribution in [0, 0.1) is 0 Å². The normalized spacial score (nSPS) is 14.3. The van der Waals surface area contributed by atoms with Crippen LogP contribution in [0.3, 0.4) is 0 Å². The highest BCUT2D eigenvalue weighted by atomic mass is 16.4. The van der Waals surface area contributed by atoms with Crippen molar-refractivity contribution in [3.63, 3.8) is 0 Å². The molecule has 0 aliphatic heterocycles. The molecular weight excluding hydrogens is 290 g/mol. The third-order valence-corrected chi connectivity index (χ3v) is 4.40. The lowest BCUT2D eigenvalue weighted by molar-refractivity contribution is 0.0697. The summed E-state index contributed by atoms with van der Waals surface area (Å²) in [7, 11) is 0. The standard InChI is InChI=1S/C19H17NO3/c21-17-6-1-12(2-7-17)9-16-11-14-10-13(19(22)23)3-8-18(14)20(16)15-4-5-15/h1-3,6-8,10-11,15,21H,4-5,9H2,(H,22,23). The first-order valence-electron chi connectivity index (χ1n) is 7.77. The molecule has 3 aromatic rings. The summed E-state index contributed by atoms with van der Waals surface area (Å²) in [6, 6.07) is 15.2. The largest absolute Gasteiger partial charge is 0.508 e. The van der Waals surface area contributed by atoms with Gasteiger partial charge in [0, 0.05) is 29.1 Å². The van der Waals surface area contributed by atoms with E-state index in [9.17, 15) is 15.0 Å². The SMILES string of the molecule is O=C(O)c1ccc2c(c1)cc(Cc1ccc(O)cc1)n2C1CC1. The molecule has 0 bridgehead atoms. The van der Waals surface area contributed by atoms with Gasteiger partial charge in [0.1, 0.15) is 5.75 Å². The Morgan fingerprint density at radius 2 is 1.83 bits per heavy atom. The number of benzene rings is 2. The highest BCUT2D eigenvalue weighted by molar-refractivity contribution is 5.94. The Bertz CT molecular complexity index is 889. The lowest BCUT2D eigenvalue weighted by Gasteiger charge is -2.10. The van der Waals surface area contributed by atoms with Crippen molar-refractivity contribution >= 4 is 16.9 Å². The van der Waals surface area contributed by atoms with Crippen molar-refractivity contribution in [1.29, 1.82) is 0 Å². The number of nitrogens with zero attached hydrogens (tertiary/aromatic N) is 1. The lowest BCUT2D eigenvalue weighted by Crippen LogP contribution is -2.01. The number of aromatic nitrogens is 1. The quantitative estimate of drug-likeness (QED) is 0.766. The summed E-state index contributed by atoms with van der Waals surface area (Å²) in [5.74, 6) is -0.631. The molecule has 1 aliphatic carbocycles. The van der Waals surface area contributed by atoms with Gasteiger partial charge >= 0.3 is 5.97 Å². The first kappa shape index (κ1) is 13.9. The molecule has 1 heterocycles. The summed E-state index contributed by atoms with van der Waals surface area (Å²) < 4.78 is 2.34. The molecule has 0 radical (unpaired) electrons. The van der Waals surface area contributed by atoms with Crippen molar-refractivity contribution in [2.75, 3.05) is 0 Å². The number of carbonyl (C=O) groups is 1. The number of aromatic carboxylic acids is 1. The Morgan fingerprint density at radius 3 is 2.48 bits per heavy atom. The second-order valence-corrected chi connectivity index (χ2v) is 6.16. The van der Waals surface area contributed by atoms with Gasteiger partial charge in [0.05, 0.1) is 5.56 Å². The van der Waals surface area contributed by atoms with Crippen molar-refractivity contribution in [2.45, 2.75) is 25.3 Å². The molecule has 2 N–H and O–H groups in total. The fourth-order valence-corrected chi connectivity index (χ4v) is 3.15. The van der Waals surface area contributed by atoms with Gasteiger partial charge in [-0.15, -0.1) is 0 Å². The van der Waals surface area contributed by atoms with E-state index in [0.29, 0.717) is 11.6 Å². The topological polar surface area (TPSA) is 62.5 Å². The van der Waals surface area contributed by atoms with Gasteiger partial charge in [-0.2, -0.15) is 0 Å². The summed E-state index contributed by atoms with van der Waals surface area (Å²) in [5.41, 5.74) is 3.75. The molecule has 2 aromatic carbocycles. The van der Waals surface area contributed by atoms with E-state index in [2.05, 4.69) is 10.6 Å². The molecular formula is C19H17NO3. The molecule has 0 atom stereocenters. The number of rotatable bonds is 4. The molecule has 0 spiro atoms. The van der Waals surface area contributed by atoms with E-state index in [1.165, 1.54) is 18.5 Å². The Balaban J connectivity index is 1.79. The maximum atomic E-state index is 11.2. The highest BCUT2D eigenvalue weighted by Crippen LogP contribution is 2.40. The minimum absolute atomic E-state index is 0.266. The molecule has 4 nitrogen and oxygen atoms in total. The summed E-state index contributed by atoms with van der Waals surface area (Å²) in [6.07, 6.45) is 3.12. The Morgan fingerprint density at radius 1 is 1.09 bits per heavy atom. The number of aromatic hydroxyl groups is 1. The average Bonchev–Trinajstić information content (AvgIpc) is 3.30. The third-order valence-electron chi connectivity index (χ3n) is 4.40. The molecule has 1 fully saturated rings. The molecule has 1 saturated carbocycles. The smallest absolute Gasteiger partial charge is 0.335 e. The van der Waals surface area contributed by atoms with Crippen LogP contribution in [-0.2, 0) is 6.42 Å². The van der Waals surface area contributed by atoms with Crippen molar-refractivity contribution < 1.29 is 15.0 Å². The maximum Gasteiger partial charge on any atom is 0.335 e. The number of carboxylic acid groups (broad SMARTS) is 1. The maximum absolute atomic E-state index is 11.2. The van der Waals surface area contributed by atoms with Gasteiger partial charge in [-0.05, 0) is 54.8 Å². The number of hydrogen-bond donors (Lipinski definition) is 2. The zero-order valence-corrected chi connectivity index (χ0v) is 12.6. The molecule has 0 unspecified atom stereocenters. The van der Waals surface area contributed by atoms with E-state index in [0.717, 1.165) is 22.9 Å². The molecule has 116 valence electrons. The van der Waals surface area contributed by atoms with Crippen molar-refractivity contribution in [2.24, 2.45) is 0 Å². The average molecular weight is 307 g/mol. The van der Waals surface area contributed by atoms with Crippen LogP contribution in [-0.4, -0.2) is 20.7 Å². The first-order chi connectivity index (χ1) is 11.1. The number of carboxylic acids is 1. The van der Waals surface area contributed by atoms with E-state index in [1.807, 2.05) is 18.2 Å². The van der Waals surface area contributed by atoms with Crippen LogP contribution >= 0.6 is 0 Å². The number of fused-ring (bicyclic) bond motifs is 1. The summed E-state index contributed by atoms with van der Waals surface area (Å²) in [5, 5.41) is 19.6. The first-order valence-corrected chi connectivity index (χ1v) is 7.77. The number of phenols is 1. The fourth-order valence-electron chi connectivity index (χ4n) is 3.15. The van der Waals surface area contributed by atoms with Gasteiger partial charge in [-0.25, -0.2) is 4.79 Å². The van der Waals surface area contributed by atoms with Crippen LogP contribution in [0.5, 0.6) is 5.75 Å². The molecule has 4 heteroatoms. The predicted molar refractivity (Wildman–Crippen MR) is 88.1 cm³/mol. The Kier molecular flexibility index (Phi) is 3.11. The van der Waals surface area contributed by atoms with E-state index in [1.54, 1.807) is 24.3 Å². The zero-order chi connectivity index (χ0) is 16.0. The van der Waals surface area contributed by atoms with Crippen LogP contribution in [0.15, 0.2) is 48.5 Å². The molecule has 23 heavy (non-hydrogen) atoms. The molecule has 1 aromatic heterocycles. The van der Waals surface area contributed by atoms with Crippen molar-refractivity contribution in [3.8, 4) is 5.75 Å². The van der Waals surface area contributed by atoms with Crippen LogP contribution < -0.4 is 0 Å². The summed E-state index contributed by atoms with van der Waals surface area (Å²) in [6.45, 7) is 0. The highest BCUT2D eigenvalue weighted by Gasteiger charge is 2.27. The molecule has 4 rings (SSSR count). The predicted octanol–water partition coefficient (Wildman–Crippen LogP) is 3.97. The van der Waals surface area contributed by atoms with E-state index in [4.69, 9.17) is 0 Å². The lowest BCUT2D eigenvalue weighted by atomic mass is 10.1. The van der Waals surface area contributed by atoms with Gasteiger partial charge in [-0.3, -0.25) is 0 Å². The molecule has 1 aliphatic rings. The summed E-state index contributed by atoms with van der Waals surface area (Å²) in [4.78, 5) is 11.2. The van der Waals surface area contributed by atoms with Crippen molar-refractivity contribution in [3.05, 3.63) is 65.4 Å². The van der Waals surface area contributed by atoms with Crippen LogP contribution in [0.2, 0.25) is 0 Å². The second-order valence-electron chi connectivity index (χ2n) is 6.16. The Hall–Kier alpha value is -2.75. The van der Waals surface area contributed by atoms with Gasteiger partial charge in [-0.1, -0.05) is 12.1 Å². The van der Waals surface area contributed by atoms with Gasteiger partial charge < -0.3 is 14.8 Å². The van der Waals surface area contributed by atoms with Crippen molar-refractivity contribution in [1.82, 2.24) is 4.57 Å². The van der Waals surface area contributed by atoms with Crippen LogP contribution in [0.1, 0.15) is 40.5 Å². The zero-order valence-electron chi connectivity index (χ0n) is 12.6. The second kappa shape index (κ2) is 5.16. The van der Waals surface area contributed by atoms with Gasteiger partial charge in [0.2, 0.25) is 0 Å². The number of phenolic OH excluding ortho intramolecular Hbond substituents is 1. The fraction of sp³-hybridized carbons (Fsp3) is 0.211. The summed E-state index contributed by atoms with van der Waals surface area (Å²) >= 11 is 0. The Labute approximate surface area is 133 Å². The third kappa shape index (κ3) is 2.57. The van der Waals surface area contributed by atoms with Crippen LogP contribution in [0.4, 0.5) is 0 Å². The van der Waals surface area contributed by atoms with E-state index < -0.39 is 5.97 Å². The molecule has 0 saturated heterocycles. The minimum Gasteiger partial charge on any atom is -0.508 e. The molecule has 0 amide bonds. The van der Waals surface area contributed by atoms with Crippen LogP contribution in [0.25, 0.3) is 10.9 Å². The number of hydrogen-bond acceptors (Lipinski definition) is 2.